The van der Waals surface area contributed by atoms with E-state index in [9.17, 15) is 0 Å². The second-order valence-electron chi connectivity index (χ2n) is 13.7. The van der Waals surface area contributed by atoms with Crippen molar-refractivity contribution < 1.29 is 0 Å². The number of para-hydroxylation sites is 2. The molecule has 0 fully saturated rings. The SMILES string of the molecule is C1=Cc2cc(-c3ccc4c(c3)C(c3ccccc3)(c3ccccc3)c3cc(N(c5ccccc5)c5ccccc5)ccc3-4)cc3cccc(c23)C1. The Labute approximate surface area is 299 Å². The van der Waals surface area contributed by atoms with Crippen molar-refractivity contribution in [3.8, 4) is 22.3 Å². The van der Waals surface area contributed by atoms with Crippen LogP contribution >= 0.6 is 0 Å². The van der Waals surface area contributed by atoms with Gasteiger partial charge in [0, 0.05) is 17.1 Å². The maximum absolute atomic E-state index is 2.48. The molecule has 1 nitrogen and oxygen atoms in total. The van der Waals surface area contributed by atoms with Crippen LogP contribution in [-0.2, 0) is 11.8 Å². The Bertz CT molecular complexity index is 2510. The average Bonchev–Trinajstić information content (AvgIpc) is 3.49. The first-order valence-electron chi connectivity index (χ1n) is 17.8. The number of benzene rings is 8. The Kier molecular flexibility index (Phi) is 6.85. The highest BCUT2D eigenvalue weighted by Gasteiger charge is 2.46. The fourth-order valence-electron chi connectivity index (χ4n) is 8.72. The zero-order chi connectivity index (χ0) is 33.8. The zero-order valence-electron chi connectivity index (χ0n) is 28.2. The Morgan fingerprint density at radius 3 is 1.67 bits per heavy atom. The van der Waals surface area contributed by atoms with Crippen LogP contribution in [0.2, 0.25) is 0 Å². The topological polar surface area (TPSA) is 3.24 Å². The molecule has 2 aliphatic carbocycles. The quantitative estimate of drug-likeness (QED) is 0.173. The standard InChI is InChI=1S/C50H35N/c1-5-19-40(20-6-1)50(41-21-7-2-8-22-41)47-33-36(39-31-37-17-13-15-35-16-14-18-38(32-39)49(35)37)27-29-45(47)46-30-28-44(34-48(46)50)51(42-23-9-3-10-24-42)43-25-11-4-12-26-43/h1-15,17-34H,16H2. The van der Waals surface area contributed by atoms with Crippen LogP contribution in [0.25, 0.3) is 39.1 Å². The van der Waals surface area contributed by atoms with Gasteiger partial charge in [0.2, 0.25) is 0 Å². The predicted octanol–water partition coefficient (Wildman–Crippen LogP) is 12.9. The summed E-state index contributed by atoms with van der Waals surface area (Å²) in [4.78, 5) is 2.37. The van der Waals surface area contributed by atoms with Gasteiger partial charge in [-0.2, -0.15) is 0 Å². The summed E-state index contributed by atoms with van der Waals surface area (Å²) in [6.07, 6.45) is 5.58. The number of allylic oxidation sites excluding steroid dienone is 1. The highest BCUT2D eigenvalue weighted by Crippen LogP contribution is 2.58. The van der Waals surface area contributed by atoms with Crippen molar-refractivity contribution in [1.29, 1.82) is 0 Å². The van der Waals surface area contributed by atoms with E-state index in [2.05, 4.69) is 205 Å². The third-order valence-electron chi connectivity index (χ3n) is 10.9. The van der Waals surface area contributed by atoms with Gasteiger partial charge in [-0.05, 0) is 127 Å². The van der Waals surface area contributed by atoms with Crippen LogP contribution in [0.15, 0.2) is 194 Å². The molecule has 2 aliphatic rings. The molecule has 0 bridgehead atoms. The first kappa shape index (κ1) is 29.5. The van der Waals surface area contributed by atoms with E-state index in [1.807, 2.05) is 0 Å². The predicted molar refractivity (Wildman–Crippen MR) is 214 cm³/mol. The Hall–Kier alpha value is -6.44. The highest BCUT2D eigenvalue weighted by molar-refractivity contribution is 5.99. The van der Waals surface area contributed by atoms with E-state index in [-0.39, 0.29) is 0 Å². The molecule has 240 valence electrons. The van der Waals surface area contributed by atoms with E-state index in [4.69, 9.17) is 0 Å². The summed E-state index contributed by atoms with van der Waals surface area (Å²) < 4.78 is 0. The molecule has 0 unspecified atom stereocenters. The largest absolute Gasteiger partial charge is 0.310 e. The molecule has 8 aromatic rings. The molecule has 0 aliphatic heterocycles. The Balaban J connectivity index is 1.25. The molecular formula is C50H35N. The molecule has 10 rings (SSSR count). The maximum atomic E-state index is 2.48. The van der Waals surface area contributed by atoms with Gasteiger partial charge < -0.3 is 4.90 Å². The lowest BCUT2D eigenvalue weighted by molar-refractivity contribution is 0.768. The van der Waals surface area contributed by atoms with E-state index in [0.29, 0.717) is 0 Å². The lowest BCUT2D eigenvalue weighted by Gasteiger charge is -2.35. The van der Waals surface area contributed by atoms with Gasteiger partial charge in [0.25, 0.3) is 0 Å². The number of hydrogen-bond donors (Lipinski definition) is 0. The van der Waals surface area contributed by atoms with E-state index >= 15 is 0 Å². The van der Waals surface area contributed by atoms with Gasteiger partial charge in [-0.3, -0.25) is 0 Å². The summed E-state index contributed by atoms with van der Waals surface area (Å²) in [7, 11) is 0. The van der Waals surface area contributed by atoms with E-state index in [1.54, 1.807) is 0 Å². The van der Waals surface area contributed by atoms with Crippen LogP contribution < -0.4 is 4.90 Å². The van der Waals surface area contributed by atoms with Crippen LogP contribution in [0.5, 0.6) is 0 Å². The van der Waals surface area contributed by atoms with E-state index in [0.717, 1.165) is 23.5 Å². The van der Waals surface area contributed by atoms with Crippen LogP contribution in [0.1, 0.15) is 33.4 Å². The molecule has 0 heterocycles. The van der Waals surface area contributed by atoms with Crippen LogP contribution in [-0.4, -0.2) is 0 Å². The van der Waals surface area contributed by atoms with Crippen LogP contribution in [0, 0.1) is 0 Å². The average molecular weight is 650 g/mol. The minimum Gasteiger partial charge on any atom is -0.310 e. The smallest absolute Gasteiger partial charge is 0.0714 e. The van der Waals surface area contributed by atoms with Crippen molar-refractivity contribution in [1.82, 2.24) is 0 Å². The lowest BCUT2D eigenvalue weighted by Crippen LogP contribution is -2.28. The van der Waals surface area contributed by atoms with Crippen LogP contribution in [0.3, 0.4) is 0 Å². The van der Waals surface area contributed by atoms with Gasteiger partial charge in [-0.25, -0.2) is 0 Å². The van der Waals surface area contributed by atoms with Gasteiger partial charge in [-0.15, -0.1) is 0 Å². The molecule has 0 radical (unpaired) electrons. The number of anilines is 3. The van der Waals surface area contributed by atoms with Gasteiger partial charge in [0.05, 0.1) is 5.41 Å². The van der Waals surface area contributed by atoms with Gasteiger partial charge in [0.15, 0.2) is 0 Å². The number of nitrogens with zero attached hydrogens (tertiary/aromatic N) is 1. The van der Waals surface area contributed by atoms with Crippen molar-refractivity contribution >= 4 is 33.9 Å². The molecule has 0 N–H and O–H groups in total. The molecule has 0 saturated heterocycles. The lowest BCUT2D eigenvalue weighted by atomic mass is 9.67. The Morgan fingerprint density at radius 2 is 1.02 bits per heavy atom. The second kappa shape index (κ2) is 11.9. The van der Waals surface area contributed by atoms with Gasteiger partial charge >= 0.3 is 0 Å². The van der Waals surface area contributed by atoms with Crippen molar-refractivity contribution in [2.45, 2.75) is 11.8 Å². The Morgan fingerprint density at radius 1 is 0.431 bits per heavy atom. The molecule has 51 heavy (non-hydrogen) atoms. The molecule has 1 heteroatoms. The number of hydrogen-bond acceptors (Lipinski definition) is 1. The maximum Gasteiger partial charge on any atom is 0.0714 e. The summed E-state index contributed by atoms with van der Waals surface area (Å²) in [5.41, 5.74) is 15.7. The summed E-state index contributed by atoms with van der Waals surface area (Å²) in [6.45, 7) is 0. The minimum atomic E-state index is -0.531. The monoisotopic (exact) mass is 649 g/mol. The van der Waals surface area contributed by atoms with Crippen molar-refractivity contribution in [3.05, 3.63) is 228 Å². The van der Waals surface area contributed by atoms with Gasteiger partial charge in [0.1, 0.15) is 0 Å². The first-order chi connectivity index (χ1) is 25.3. The minimum absolute atomic E-state index is 0.531. The van der Waals surface area contributed by atoms with E-state index in [1.165, 1.54) is 66.4 Å². The van der Waals surface area contributed by atoms with Gasteiger partial charge in [-0.1, -0.05) is 146 Å². The number of fused-ring (bicyclic) bond motifs is 3. The fraction of sp³-hybridized carbons (Fsp3) is 0.0400. The summed E-state index contributed by atoms with van der Waals surface area (Å²) >= 11 is 0. The summed E-state index contributed by atoms with van der Waals surface area (Å²) in [6, 6.07) is 69.4. The molecule has 0 atom stereocenters. The zero-order valence-corrected chi connectivity index (χ0v) is 28.2. The van der Waals surface area contributed by atoms with Crippen molar-refractivity contribution in [2.24, 2.45) is 0 Å². The highest BCUT2D eigenvalue weighted by atomic mass is 15.1. The van der Waals surface area contributed by atoms with E-state index < -0.39 is 5.41 Å². The number of rotatable bonds is 6. The third kappa shape index (κ3) is 4.62. The molecule has 8 aromatic carbocycles. The molecule has 0 spiro atoms. The molecule has 0 aromatic heterocycles. The van der Waals surface area contributed by atoms with Crippen molar-refractivity contribution in [2.75, 3.05) is 4.90 Å². The second-order valence-corrected chi connectivity index (χ2v) is 13.7. The normalized spacial score (nSPS) is 13.5. The first-order valence-corrected chi connectivity index (χ1v) is 17.8. The molecule has 0 saturated carbocycles. The third-order valence-corrected chi connectivity index (χ3v) is 10.9. The summed E-state index contributed by atoms with van der Waals surface area (Å²) in [5.74, 6) is 0. The molecule has 0 amide bonds. The van der Waals surface area contributed by atoms with Crippen molar-refractivity contribution in [3.63, 3.8) is 0 Å². The molecular weight excluding hydrogens is 615 g/mol. The summed E-state index contributed by atoms with van der Waals surface area (Å²) in [5, 5.41) is 2.69. The fourth-order valence-corrected chi connectivity index (χ4v) is 8.72. The van der Waals surface area contributed by atoms with Crippen LogP contribution in [0.4, 0.5) is 17.1 Å².